The molecular formula is C10H15NO2. The Kier molecular flexibility index (Phi) is 4.09. The first-order valence-corrected chi connectivity index (χ1v) is 4.56. The molecule has 1 aliphatic rings. The molecule has 1 unspecified atom stereocenters. The van der Waals surface area contributed by atoms with E-state index in [9.17, 15) is 4.79 Å². The lowest BCUT2D eigenvalue weighted by Crippen LogP contribution is -2.13. The summed E-state index contributed by atoms with van der Waals surface area (Å²) >= 11 is 0. The first-order chi connectivity index (χ1) is 6.34. The second-order valence-electron chi connectivity index (χ2n) is 2.96. The van der Waals surface area contributed by atoms with E-state index in [1.54, 1.807) is 24.6 Å². The van der Waals surface area contributed by atoms with Gasteiger partial charge in [0.1, 0.15) is 6.61 Å². The van der Waals surface area contributed by atoms with Crippen LogP contribution in [-0.4, -0.2) is 18.9 Å². The Morgan fingerprint density at radius 2 is 2.62 bits per heavy atom. The van der Waals surface area contributed by atoms with Gasteiger partial charge in [0.15, 0.2) is 5.78 Å². The molecule has 0 fully saturated rings. The molecule has 0 aliphatic carbocycles. The topological polar surface area (TPSA) is 38.3 Å². The maximum Gasteiger partial charge on any atom is 0.167 e. The lowest BCUT2D eigenvalue weighted by Gasteiger charge is -2.00. The smallest absolute Gasteiger partial charge is 0.167 e. The van der Waals surface area contributed by atoms with Gasteiger partial charge in [-0.1, -0.05) is 6.92 Å². The zero-order valence-corrected chi connectivity index (χ0v) is 7.82. The molecule has 1 N–H and O–H groups in total. The van der Waals surface area contributed by atoms with Crippen molar-refractivity contribution in [2.45, 2.75) is 13.3 Å². The molecule has 0 aromatic rings. The maximum atomic E-state index is 11.4. The van der Waals surface area contributed by atoms with E-state index in [-0.39, 0.29) is 11.7 Å². The zero-order valence-electron chi connectivity index (χ0n) is 7.82. The molecule has 1 rings (SSSR count). The maximum absolute atomic E-state index is 11.4. The largest absolute Gasteiger partial charge is 0.500 e. The molecule has 0 aromatic heterocycles. The van der Waals surface area contributed by atoms with Crippen molar-refractivity contribution < 1.29 is 9.53 Å². The highest BCUT2D eigenvalue weighted by Crippen LogP contribution is 2.09. The van der Waals surface area contributed by atoms with Crippen molar-refractivity contribution in [3.05, 3.63) is 24.6 Å². The molecule has 13 heavy (non-hydrogen) atoms. The van der Waals surface area contributed by atoms with Crippen LogP contribution in [0.4, 0.5) is 0 Å². The van der Waals surface area contributed by atoms with Gasteiger partial charge in [0.05, 0.1) is 12.2 Å². The standard InChI is InChI=1S/C10H15NO2/c1-2-5-11-6-3-10(12)9-4-7-13-8-9/h3-4,6-7,9,11H,2,5,8H2,1H3/b6-3-. The van der Waals surface area contributed by atoms with Gasteiger partial charge < -0.3 is 10.1 Å². The van der Waals surface area contributed by atoms with Gasteiger partial charge in [-0.2, -0.15) is 0 Å². The number of nitrogens with one attached hydrogen (secondary N) is 1. The van der Waals surface area contributed by atoms with Gasteiger partial charge in [0, 0.05) is 6.54 Å². The van der Waals surface area contributed by atoms with Crippen LogP contribution in [0.15, 0.2) is 24.6 Å². The third-order valence-electron chi connectivity index (χ3n) is 1.81. The molecule has 0 amide bonds. The number of ketones is 1. The summed E-state index contributed by atoms with van der Waals surface area (Å²) in [4.78, 5) is 11.4. The SMILES string of the molecule is CCCN/C=C\C(=O)C1C=COC1. The van der Waals surface area contributed by atoms with Crippen LogP contribution in [0, 0.1) is 5.92 Å². The van der Waals surface area contributed by atoms with Gasteiger partial charge in [0.25, 0.3) is 0 Å². The molecule has 0 spiro atoms. The van der Waals surface area contributed by atoms with Crippen LogP contribution in [0.5, 0.6) is 0 Å². The summed E-state index contributed by atoms with van der Waals surface area (Å²) in [6.07, 6.45) is 7.70. The summed E-state index contributed by atoms with van der Waals surface area (Å²) in [6.45, 7) is 3.47. The Bertz CT molecular complexity index is 221. The van der Waals surface area contributed by atoms with Gasteiger partial charge in [-0.15, -0.1) is 0 Å². The number of rotatable bonds is 5. The third kappa shape index (κ3) is 3.32. The summed E-state index contributed by atoms with van der Waals surface area (Å²) in [5.74, 6) is 0.0111. The number of hydrogen-bond acceptors (Lipinski definition) is 3. The number of carbonyl (C=O) groups excluding carboxylic acids is 1. The van der Waals surface area contributed by atoms with Gasteiger partial charge in [-0.05, 0) is 24.8 Å². The monoisotopic (exact) mass is 181 g/mol. The summed E-state index contributed by atoms with van der Waals surface area (Å²) in [7, 11) is 0. The van der Waals surface area contributed by atoms with Gasteiger partial charge in [0.2, 0.25) is 0 Å². The normalized spacial score (nSPS) is 20.5. The molecule has 1 aliphatic heterocycles. The predicted octanol–water partition coefficient (Wildman–Crippen LogP) is 1.23. The van der Waals surface area contributed by atoms with Crippen LogP contribution in [0.3, 0.4) is 0 Å². The van der Waals surface area contributed by atoms with Crippen LogP contribution >= 0.6 is 0 Å². The molecule has 1 heterocycles. The van der Waals surface area contributed by atoms with Gasteiger partial charge in [-0.3, -0.25) is 4.79 Å². The highest BCUT2D eigenvalue weighted by atomic mass is 16.5. The lowest BCUT2D eigenvalue weighted by molar-refractivity contribution is -0.117. The number of carbonyl (C=O) groups is 1. The zero-order chi connectivity index (χ0) is 9.52. The molecule has 72 valence electrons. The molecule has 0 aromatic carbocycles. The van der Waals surface area contributed by atoms with Crippen LogP contribution in [0.25, 0.3) is 0 Å². The van der Waals surface area contributed by atoms with Crippen LogP contribution in [0.1, 0.15) is 13.3 Å². The lowest BCUT2D eigenvalue weighted by atomic mass is 10.1. The molecule has 0 radical (unpaired) electrons. The fourth-order valence-electron chi connectivity index (χ4n) is 1.03. The fourth-order valence-corrected chi connectivity index (χ4v) is 1.03. The van der Waals surface area contributed by atoms with Crippen LogP contribution < -0.4 is 5.32 Å². The summed E-state index contributed by atoms with van der Waals surface area (Å²) in [5.41, 5.74) is 0. The predicted molar refractivity (Wildman–Crippen MR) is 51.0 cm³/mol. The van der Waals surface area contributed by atoms with E-state index < -0.39 is 0 Å². The number of ether oxygens (including phenoxy) is 1. The van der Waals surface area contributed by atoms with Gasteiger partial charge >= 0.3 is 0 Å². The van der Waals surface area contributed by atoms with E-state index in [1.807, 2.05) is 0 Å². The molecule has 0 saturated carbocycles. The minimum Gasteiger partial charge on any atom is -0.500 e. The fraction of sp³-hybridized carbons (Fsp3) is 0.500. The Morgan fingerprint density at radius 1 is 1.77 bits per heavy atom. The van der Waals surface area contributed by atoms with E-state index in [4.69, 9.17) is 4.74 Å². The van der Waals surface area contributed by atoms with E-state index in [0.29, 0.717) is 6.61 Å². The van der Waals surface area contributed by atoms with Crippen molar-refractivity contribution in [2.24, 2.45) is 5.92 Å². The minimum atomic E-state index is -0.0836. The van der Waals surface area contributed by atoms with E-state index >= 15 is 0 Å². The van der Waals surface area contributed by atoms with Crippen LogP contribution in [0.2, 0.25) is 0 Å². The summed E-state index contributed by atoms with van der Waals surface area (Å²) in [6, 6.07) is 0. The second kappa shape index (κ2) is 5.41. The average molecular weight is 181 g/mol. The number of hydrogen-bond donors (Lipinski definition) is 1. The van der Waals surface area contributed by atoms with Crippen molar-refractivity contribution in [1.82, 2.24) is 5.32 Å². The minimum absolute atomic E-state index is 0.0836. The Hall–Kier alpha value is -1.25. The van der Waals surface area contributed by atoms with Crippen molar-refractivity contribution in [3.63, 3.8) is 0 Å². The van der Waals surface area contributed by atoms with Crippen molar-refractivity contribution >= 4 is 5.78 Å². The van der Waals surface area contributed by atoms with E-state index in [1.165, 1.54) is 0 Å². The van der Waals surface area contributed by atoms with E-state index in [0.717, 1.165) is 13.0 Å². The molecule has 0 bridgehead atoms. The highest BCUT2D eigenvalue weighted by Gasteiger charge is 2.16. The summed E-state index contributed by atoms with van der Waals surface area (Å²) < 4.78 is 4.95. The first-order valence-electron chi connectivity index (χ1n) is 4.56. The van der Waals surface area contributed by atoms with Crippen molar-refractivity contribution in [3.8, 4) is 0 Å². The molecule has 0 saturated heterocycles. The Balaban J connectivity index is 2.23. The Labute approximate surface area is 78.5 Å². The van der Waals surface area contributed by atoms with Crippen molar-refractivity contribution in [2.75, 3.05) is 13.2 Å². The molecule has 3 heteroatoms. The highest BCUT2D eigenvalue weighted by molar-refractivity contribution is 5.93. The quantitative estimate of drug-likeness (QED) is 0.512. The number of allylic oxidation sites excluding steroid dienone is 1. The van der Waals surface area contributed by atoms with Gasteiger partial charge in [-0.25, -0.2) is 0 Å². The second-order valence-corrected chi connectivity index (χ2v) is 2.96. The summed E-state index contributed by atoms with van der Waals surface area (Å²) in [5, 5.41) is 3.02. The molecular weight excluding hydrogens is 166 g/mol. The average Bonchev–Trinajstić information content (AvgIpc) is 2.65. The van der Waals surface area contributed by atoms with Crippen LogP contribution in [-0.2, 0) is 9.53 Å². The van der Waals surface area contributed by atoms with Crippen molar-refractivity contribution in [1.29, 1.82) is 0 Å². The third-order valence-corrected chi connectivity index (χ3v) is 1.81. The Morgan fingerprint density at radius 3 is 3.23 bits per heavy atom. The molecule has 1 atom stereocenters. The first kappa shape index (κ1) is 9.84. The molecule has 3 nitrogen and oxygen atoms in total. The van der Waals surface area contributed by atoms with E-state index in [2.05, 4.69) is 12.2 Å².